The van der Waals surface area contributed by atoms with Gasteiger partial charge >= 0.3 is 5.97 Å². The van der Waals surface area contributed by atoms with Gasteiger partial charge in [-0.2, -0.15) is 0 Å². The van der Waals surface area contributed by atoms with E-state index in [1.165, 1.54) is 10.4 Å². The summed E-state index contributed by atoms with van der Waals surface area (Å²) < 4.78 is 0. The lowest BCUT2D eigenvalue weighted by atomic mass is 9.86. The van der Waals surface area contributed by atoms with E-state index in [0.29, 0.717) is 12.3 Å². The van der Waals surface area contributed by atoms with E-state index in [2.05, 4.69) is 11.4 Å². The van der Waals surface area contributed by atoms with Crippen LogP contribution in [-0.4, -0.2) is 11.1 Å². The minimum Gasteiger partial charge on any atom is -0.481 e. The van der Waals surface area contributed by atoms with Gasteiger partial charge in [-0.25, -0.2) is 0 Å². The Labute approximate surface area is 81.2 Å². The zero-order valence-electron chi connectivity index (χ0n) is 7.32. The van der Waals surface area contributed by atoms with Gasteiger partial charge in [0.1, 0.15) is 0 Å². The summed E-state index contributed by atoms with van der Waals surface area (Å²) in [6.45, 7) is 0. The molecule has 3 heteroatoms. The van der Waals surface area contributed by atoms with Gasteiger partial charge < -0.3 is 5.11 Å². The number of hydrogen-bond acceptors (Lipinski definition) is 2. The number of aryl methyl sites for hydroxylation is 1. The van der Waals surface area contributed by atoms with Crippen LogP contribution in [0.3, 0.4) is 0 Å². The molecule has 0 fully saturated rings. The maximum Gasteiger partial charge on any atom is 0.303 e. The van der Waals surface area contributed by atoms with Crippen LogP contribution >= 0.6 is 11.3 Å². The quantitative estimate of drug-likeness (QED) is 0.788. The van der Waals surface area contributed by atoms with Crippen molar-refractivity contribution in [1.82, 2.24) is 0 Å². The van der Waals surface area contributed by atoms with Gasteiger partial charge in [-0.05, 0) is 42.2 Å². The zero-order chi connectivity index (χ0) is 9.26. The van der Waals surface area contributed by atoms with Gasteiger partial charge in [0.15, 0.2) is 0 Å². The molecule has 1 atom stereocenters. The number of aliphatic carboxylic acids is 1. The van der Waals surface area contributed by atoms with Gasteiger partial charge in [0.25, 0.3) is 0 Å². The Bertz CT molecular complexity index is 316. The molecule has 0 bridgehead atoms. The van der Waals surface area contributed by atoms with Crippen LogP contribution in [0.4, 0.5) is 0 Å². The predicted octanol–water partition coefficient (Wildman–Crippen LogP) is 2.33. The first-order valence-corrected chi connectivity index (χ1v) is 5.40. The summed E-state index contributed by atoms with van der Waals surface area (Å²) >= 11 is 1.80. The number of fused-ring (bicyclic) bond motifs is 1. The third-order valence-electron chi connectivity index (χ3n) is 2.59. The molecular formula is C10H12O2S. The average molecular weight is 196 g/mol. The summed E-state index contributed by atoms with van der Waals surface area (Å²) in [6.07, 6.45) is 3.41. The van der Waals surface area contributed by atoms with Crippen LogP contribution in [0.2, 0.25) is 0 Å². The van der Waals surface area contributed by atoms with E-state index in [1.807, 2.05) is 0 Å². The summed E-state index contributed by atoms with van der Waals surface area (Å²) in [6, 6.07) is 2.13. The molecule has 1 heterocycles. The maximum absolute atomic E-state index is 10.5. The second-order valence-corrected chi connectivity index (χ2v) is 4.58. The molecule has 1 unspecified atom stereocenters. The first kappa shape index (κ1) is 8.75. The highest BCUT2D eigenvalue weighted by Gasteiger charge is 2.21. The maximum atomic E-state index is 10.5. The van der Waals surface area contributed by atoms with Crippen molar-refractivity contribution in [3.05, 3.63) is 21.9 Å². The number of carboxylic acid groups (broad SMARTS) is 1. The Morgan fingerprint density at radius 3 is 3.31 bits per heavy atom. The van der Waals surface area contributed by atoms with E-state index in [1.54, 1.807) is 11.3 Å². The molecule has 0 amide bonds. The Kier molecular flexibility index (Phi) is 2.36. The Morgan fingerprint density at radius 1 is 1.69 bits per heavy atom. The van der Waals surface area contributed by atoms with Crippen LogP contribution in [0.5, 0.6) is 0 Å². The van der Waals surface area contributed by atoms with E-state index in [0.717, 1.165) is 19.3 Å². The molecule has 2 rings (SSSR count). The molecule has 1 aromatic heterocycles. The van der Waals surface area contributed by atoms with E-state index in [9.17, 15) is 4.79 Å². The van der Waals surface area contributed by atoms with Crippen LogP contribution in [-0.2, 0) is 17.6 Å². The summed E-state index contributed by atoms with van der Waals surface area (Å²) in [5, 5.41) is 10.8. The van der Waals surface area contributed by atoms with Gasteiger partial charge in [0.05, 0.1) is 0 Å². The fourth-order valence-corrected chi connectivity index (χ4v) is 2.87. The summed E-state index contributed by atoms with van der Waals surface area (Å²) in [5.41, 5.74) is 1.38. The predicted molar refractivity (Wildman–Crippen MR) is 52.1 cm³/mol. The molecule has 1 N–H and O–H groups in total. The Morgan fingerprint density at radius 2 is 2.54 bits per heavy atom. The van der Waals surface area contributed by atoms with Gasteiger partial charge in [0.2, 0.25) is 0 Å². The van der Waals surface area contributed by atoms with Gasteiger partial charge in [-0.1, -0.05) is 0 Å². The zero-order valence-corrected chi connectivity index (χ0v) is 8.14. The van der Waals surface area contributed by atoms with Gasteiger partial charge in [-0.3, -0.25) is 4.79 Å². The lowest BCUT2D eigenvalue weighted by Gasteiger charge is -2.20. The number of thiophene rings is 1. The monoisotopic (exact) mass is 196 g/mol. The lowest BCUT2D eigenvalue weighted by molar-refractivity contribution is -0.138. The van der Waals surface area contributed by atoms with Crippen molar-refractivity contribution in [2.24, 2.45) is 5.92 Å². The molecule has 0 aliphatic heterocycles. The molecule has 0 spiro atoms. The van der Waals surface area contributed by atoms with Crippen molar-refractivity contribution < 1.29 is 9.90 Å². The molecular weight excluding hydrogens is 184 g/mol. The van der Waals surface area contributed by atoms with Gasteiger partial charge in [0, 0.05) is 11.3 Å². The Hall–Kier alpha value is -0.830. The van der Waals surface area contributed by atoms with Crippen molar-refractivity contribution >= 4 is 17.3 Å². The number of carbonyl (C=O) groups is 1. The van der Waals surface area contributed by atoms with Crippen molar-refractivity contribution in [1.29, 1.82) is 0 Å². The topological polar surface area (TPSA) is 37.3 Å². The van der Waals surface area contributed by atoms with Crippen LogP contribution in [0.25, 0.3) is 0 Å². The Balaban J connectivity index is 2.04. The smallest absolute Gasteiger partial charge is 0.303 e. The van der Waals surface area contributed by atoms with Crippen LogP contribution < -0.4 is 0 Å². The van der Waals surface area contributed by atoms with Crippen LogP contribution in [0.1, 0.15) is 23.3 Å². The van der Waals surface area contributed by atoms with E-state index < -0.39 is 5.97 Å². The van der Waals surface area contributed by atoms with Crippen molar-refractivity contribution in [3.8, 4) is 0 Å². The van der Waals surface area contributed by atoms with Crippen LogP contribution in [0, 0.1) is 5.92 Å². The minimum absolute atomic E-state index is 0.329. The lowest BCUT2D eigenvalue weighted by Crippen LogP contribution is -2.15. The molecule has 13 heavy (non-hydrogen) atoms. The summed E-state index contributed by atoms with van der Waals surface area (Å²) in [5.74, 6) is -0.303. The fourth-order valence-electron chi connectivity index (χ4n) is 1.94. The minimum atomic E-state index is -0.663. The standard InChI is InChI=1S/C10H12O2S/c11-10(12)6-7-1-2-9-8(5-7)3-4-13-9/h3-4,7H,1-2,5-6H2,(H,11,12). The van der Waals surface area contributed by atoms with E-state index in [-0.39, 0.29) is 0 Å². The second-order valence-electron chi connectivity index (χ2n) is 3.58. The number of rotatable bonds is 2. The molecule has 0 radical (unpaired) electrons. The highest BCUT2D eigenvalue weighted by Crippen LogP contribution is 2.30. The van der Waals surface area contributed by atoms with Gasteiger partial charge in [-0.15, -0.1) is 11.3 Å². The molecule has 1 aliphatic carbocycles. The molecule has 1 aromatic rings. The van der Waals surface area contributed by atoms with E-state index >= 15 is 0 Å². The SMILES string of the molecule is O=C(O)CC1CCc2sccc2C1. The molecule has 2 nitrogen and oxygen atoms in total. The van der Waals surface area contributed by atoms with E-state index in [4.69, 9.17) is 5.11 Å². The molecule has 1 aliphatic rings. The molecule has 0 saturated heterocycles. The summed E-state index contributed by atoms with van der Waals surface area (Å²) in [7, 11) is 0. The highest BCUT2D eigenvalue weighted by atomic mass is 32.1. The molecule has 70 valence electrons. The number of carboxylic acids is 1. The first-order valence-electron chi connectivity index (χ1n) is 4.52. The average Bonchev–Trinajstić information content (AvgIpc) is 2.49. The highest BCUT2D eigenvalue weighted by molar-refractivity contribution is 7.10. The van der Waals surface area contributed by atoms with Crippen LogP contribution in [0.15, 0.2) is 11.4 Å². The fraction of sp³-hybridized carbons (Fsp3) is 0.500. The third-order valence-corrected chi connectivity index (χ3v) is 3.61. The third kappa shape index (κ3) is 1.91. The van der Waals surface area contributed by atoms with Crippen molar-refractivity contribution in [2.45, 2.75) is 25.7 Å². The van der Waals surface area contributed by atoms with Crippen molar-refractivity contribution in [3.63, 3.8) is 0 Å². The molecule has 0 saturated carbocycles. The van der Waals surface area contributed by atoms with Crippen molar-refractivity contribution in [2.75, 3.05) is 0 Å². The summed E-state index contributed by atoms with van der Waals surface area (Å²) in [4.78, 5) is 12.0. The second kappa shape index (κ2) is 3.50. The first-order chi connectivity index (χ1) is 6.25. The molecule has 0 aromatic carbocycles. The number of hydrogen-bond donors (Lipinski definition) is 1. The normalized spacial score (nSPS) is 21.1. The largest absolute Gasteiger partial charge is 0.481 e.